The molecule has 0 unspecified atom stereocenters. The first-order valence-corrected chi connectivity index (χ1v) is 10.3. The zero-order valence-electron chi connectivity index (χ0n) is 14.8. The average Bonchev–Trinajstić information content (AvgIpc) is 2.51. The normalized spacial score (nSPS) is 29.7. The standard InChI is InChI=1S/C16H32N2O4S/c1-4-12-23(19,20)18-8-6-15-16(13-18,7-5-10-22-15)14-21-11-9-17(2)3/h15H,4-14H2,1-3H3/t15-,16+/m0/s1. The fourth-order valence-electron chi connectivity index (χ4n) is 3.61. The van der Waals surface area contributed by atoms with E-state index in [1.807, 2.05) is 21.0 Å². The molecular weight excluding hydrogens is 316 g/mol. The van der Waals surface area contributed by atoms with Crippen molar-refractivity contribution in [2.75, 3.05) is 59.3 Å². The maximum Gasteiger partial charge on any atom is 0.214 e. The van der Waals surface area contributed by atoms with Gasteiger partial charge in [0.05, 0.1) is 25.1 Å². The Kier molecular flexibility index (Phi) is 6.86. The molecule has 6 nitrogen and oxygen atoms in total. The van der Waals surface area contributed by atoms with Gasteiger partial charge in [-0.05, 0) is 39.8 Å². The molecule has 0 aromatic rings. The van der Waals surface area contributed by atoms with Crippen LogP contribution >= 0.6 is 0 Å². The Labute approximate surface area is 141 Å². The van der Waals surface area contributed by atoms with Crippen LogP contribution in [0.5, 0.6) is 0 Å². The van der Waals surface area contributed by atoms with Gasteiger partial charge in [0, 0.05) is 31.7 Å². The van der Waals surface area contributed by atoms with Crippen LogP contribution in [0.2, 0.25) is 0 Å². The summed E-state index contributed by atoms with van der Waals surface area (Å²) in [6.07, 6.45) is 3.53. The molecule has 0 N–H and O–H groups in total. The summed E-state index contributed by atoms with van der Waals surface area (Å²) in [6, 6.07) is 0. The number of hydrogen-bond acceptors (Lipinski definition) is 5. The first-order chi connectivity index (χ1) is 10.9. The highest BCUT2D eigenvalue weighted by Gasteiger charge is 2.48. The summed E-state index contributed by atoms with van der Waals surface area (Å²) in [5.74, 6) is 0.232. The van der Waals surface area contributed by atoms with Crippen LogP contribution in [-0.2, 0) is 19.5 Å². The summed E-state index contributed by atoms with van der Waals surface area (Å²) in [5, 5.41) is 0. The number of likely N-dealkylation sites (N-methyl/N-ethyl adjacent to an activating group) is 1. The molecule has 0 saturated carbocycles. The maximum atomic E-state index is 12.5. The van der Waals surface area contributed by atoms with Gasteiger partial charge in [-0.1, -0.05) is 6.92 Å². The lowest BCUT2D eigenvalue weighted by atomic mass is 9.73. The SMILES string of the molecule is CCCS(=O)(=O)N1CC[C@@H]2OCCC[C@]2(COCCN(C)C)C1. The zero-order valence-corrected chi connectivity index (χ0v) is 15.6. The van der Waals surface area contributed by atoms with Gasteiger partial charge in [-0.2, -0.15) is 0 Å². The Bertz CT molecular complexity index is 469. The molecule has 2 fully saturated rings. The molecule has 2 heterocycles. The second-order valence-corrected chi connectivity index (χ2v) is 9.21. The Morgan fingerprint density at radius 3 is 2.87 bits per heavy atom. The second kappa shape index (κ2) is 8.25. The van der Waals surface area contributed by atoms with Crippen LogP contribution < -0.4 is 0 Å². The molecule has 2 saturated heterocycles. The Hall–Kier alpha value is -0.210. The van der Waals surface area contributed by atoms with Crippen molar-refractivity contribution in [2.45, 2.75) is 38.7 Å². The van der Waals surface area contributed by atoms with E-state index in [-0.39, 0.29) is 17.3 Å². The van der Waals surface area contributed by atoms with Crippen molar-refractivity contribution in [3.63, 3.8) is 0 Å². The van der Waals surface area contributed by atoms with Crippen molar-refractivity contribution in [2.24, 2.45) is 5.41 Å². The fourth-order valence-corrected chi connectivity index (χ4v) is 5.22. The molecule has 2 aliphatic heterocycles. The number of ether oxygens (including phenoxy) is 2. The summed E-state index contributed by atoms with van der Waals surface area (Å²) in [6.45, 7) is 5.95. The molecule has 0 aliphatic carbocycles. The number of fused-ring (bicyclic) bond motifs is 1. The van der Waals surface area contributed by atoms with Crippen LogP contribution in [0.15, 0.2) is 0 Å². The topological polar surface area (TPSA) is 59.1 Å². The maximum absolute atomic E-state index is 12.5. The molecular formula is C16H32N2O4S. The van der Waals surface area contributed by atoms with Gasteiger partial charge in [0.1, 0.15) is 0 Å². The van der Waals surface area contributed by atoms with E-state index in [0.29, 0.717) is 32.7 Å². The van der Waals surface area contributed by atoms with E-state index in [4.69, 9.17) is 9.47 Å². The molecule has 2 atom stereocenters. The molecule has 0 bridgehead atoms. The van der Waals surface area contributed by atoms with Crippen LogP contribution in [0.4, 0.5) is 0 Å². The number of rotatable bonds is 8. The zero-order chi connectivity index (χ0) is 16.9. The minimum absolute atomic E-state index is 0.128. The van der Waals surface area contributed by atoms with Crippen LogP contribution in [0, 0.1) is 5.41 Å². The van der Waals surface area contributed by atoms with Gasteiger partial charge in [-0.3, -0.25) is 0 Å². The van der Waals surface area contributed by atoms with Crippen LogP contribution in [-0.4, -0.2) is 83.0 Å². The Morgan fingerprint density at radius 2 is 2.17 bits per heavy atom. The molecule has 2 rings (SSSR count). The summed E-state index contributed by atoms with van der Waals surface area (Å²) in [4.78, 5) is 2.09. The first-order valence-electron chi connectivity index (χ1n) is 8.71. The third kappa shape index (κ3) is 4.89. The smallest absolute Gasteiger partial charge is 0.214 e. The van der Waals surface area contributed by atoms with Crippen LogP contribution in [0.25, 0.3) is 0 Å². The highest BCUT2D eigenvalue weighted by atomic mass is 32.2. The molecule has 136 valence electrons. The first kappa shape index (κ1) is 19.1. The minimum atomic E-state index is -3.15. The van der Waals surface area contributed by atoms with Crippen molar-refractivity contribution in [3.05, 3.63) is 0 Å². The van der Waals surface area contributed by atoms with E-state index >= 15 is 0 Å². The summed E-state index contributed by atoms with van der Waals surface area (Å²) < 4.78 is 38.5. The van der Waals surface area contributed by atoms with Crippen molar-refractivity contribution < 1.29 is 17.9 Å². The number of piperidine rings is 1. The van der Waals surface area contributed by atoms with E-state index in [1.54, 1.807) is 4.31 Å². The lowest BCUT2D eigenvalue weighted by Crippen LogP contribution is -2.58. The molecule has 0 aromatic carbocycles. The van der Waals surface area contributed by atoms with Gasteiger partial charge in [-0.15, -0.1) is 0 Å². The van der Waals surface area contributed by atoms with Gasteiger partial charge in [-0.25, -0.2) is 12.7 Å². The Morgan fingerprint density at radius 1 is 1.39 bits per heavy atom. The Balaban J connectivity index is 2.04. The van der Waals surface area contributed by atoms with Crippen molar-refractivity contribution in [3.8, 4) is 0 Å². The van der Waals surface area contributed by atoms with Crippen LogP contribution in [0.1, 0.15) is 32.6 Å². The quantitative estimate of drug-likeness (QED) is 0.617. The molecule has 0 amide bonds. The third-order valence-corrected chi connectivity index (χ3v) is 6.90. The summed E-state index contributed by atoms with van der Waals surface area (Å²) in [5.41, 5.74) is -0.177. The fraction of sp³-hybridized carbons (Fsp3) is 1.00. The largest absolute Gasteiger partial charge is 0.379 e. The third-order valence-electron chi connectivity index (χ3n) is 4.88. The predicted octanol–water partition coefficient (Wildman–Crippen LogP) is 1.18. The van der Waals surface area contributed by atoms with Gasteiger partial charge < -0.3 is 14.4 Å². The van der Waals surface area contributed by atoms with Crippen molar-refractivity contribution in [1.82, 2.24) is 9.21 Å². The monoisotopic (exact) mass is 348 g/mol. The molecule has 7 heteroatoms. The van der Waals surface area contributed by atoms with Crippen molar-refractivity contribution in [1.29, 1.82) is 0 Å². The highest BCUT2D eigenvalue weighted by molar-refractivity contribution is 7.89. The van der Waals surface area contributed by atoms with E-state index in [2.05, 4.69) is 4.90 Å². The summed E-state index contributed by atoms with van der Waals surface area (Å²) >= 11 is 0. The average molecular weight is 349 g/mol. The highest BCUT2D eigenvalue weighted by Crippen LogP contribution is 2.41. The minimum Gasteiger partial charge on any atom is -0.379 e. The second-order valence-electron chi connectivity index (χ2n) is 7.12. The van der Waals surface area contributed by atoms with Gasteiger partial charge in [0.15, 0.2) is 0 Å². The summed E-state index contributed by atoms with van der Waals surface area (Å²) in [7, 11) is 0.891. The van der Waals surface area contributed by atoms with Gasteiger partial charge in [0.2, 0.25) is 10.0 Å². The number of sulfonamides is 1. The van der Waals surface area contributed by atoms with Gasteiger partial charge in [0.25, 0.3) is 0 Å². The van der Waals surface area contributed by atoms with Crippen LogP contribution in [0.3, 0.4) is 0 Å². The van der Waals surface area contributed by atoms with E-state index in [0.717, 1.165) is 32.4 Å². The lowest BCUT2D eigenvalue weighted by Gasteiger charge is -2.49. The van der Waals surface area contributed by atoms with E-state index < -0.39 is 10.0 Å². The van der Waals surface area contributed by atoms with Crippen molar-refractivity contribution >= 4 is 10.0 Å². The lowest BCUT2D eigenvalue weighted by molar-refractivity contribution is -0.142. The molecule has 0 aromatic heterocycles. The van der Waals surface area contributed by atoms with E-state index in [9.17, 15) is 8.42 Å². The molecule has 23 heavy (non-hydrogen) atoms. The molecule has 2 aliphatic rings. The number of hydrogen-bond donors (Lipinski definition) is 0. The van der Waals surface area contributed by atoms with E-state index in [1.165, 1.54) is 0 Å². The van der Waals surface area contributed by atoms with Gasteiger partial charge >= 0.3 is 0 Å². The predicted molar refractivity (Wildman–Crippen MR) is 91.0 cm³/mol. The molecule has 0 radical (unpaired) electrons. The molecule has 0 spiro atoms. The number of nitrogens with zero attached hydrogens (tertiary/aromatic N) is 2.